The molecule has 5 nitrogen and oxygen atoms in total. The Labute approximate surface area is 196 Å². The highest BCUT2D eigenvalue weighted by Gasteiger charge is 2.36. The van der Waals surface area contributed by atoms with Gasteiger partial charge in [-0.05, 0) is 56.3 Å². The average Bonchev–Trinajstić information content (AvgIpc) is 3.12. The molecule has 0 saturated carbocycles. The number of fused-ring (bicyclic) bond motifs is 1. The second-order valence-corrected chi connectivity index (χ2v) is 7.98. The lowest BCUT2D eigenvalue weighted by Gasteiger charge is -2.13. The van der Waals surface area contributed by atoms with Crippen molar-refractivity contribution in [3.05, 3.63) is 82.6 Å². The van der Waals surface area contributed by atoms with Gasteiger partial charge in [0.25, 0.3) is 0 Å². The lowest BCUT2D eigenvalue weighted by molar-refractivity contribution is -0.138. The Hall–Kier alpha value is -3.59. The molecule has 3 aromatic carbocycles. The van der Waals surface area contributed by atoms with Crippen molar-refractivity contribution in [1.82, 2.24) is 9.78 Å². The minimum atomic E-state index is -4.72. The SMILES string of the molecule is CC(C)OC(=O)c1ccc(-n2nc(Oc3c(Cl)cccc3C(F)(F)F)c3ccccc32)c(F)c1. The van der Waals surface area contributed by atoms with Crippen LogP contribution in [0.5, 0.6) is 11.6 Å². The van der Waals surface area contributed by atoms with E-state index in [1.807, 2.05) is 0 Å². The van der Waals surface area contributed by atoms with Crippen molar-refractivity contribution in [3.8, 4) is 17.3 Å². The van der Waals surface area contributed by atoms with Crippen molar-refractivity contribution < 1.29 is 31.8 Å². The van der Waals surface area contributed by atoms with Gasteiger partial charge >= 0.3 is 12.1 Å². The molecule has 0 unspecified atom stereocenters. The maximum Gasteiger partial charge on any atom is 0.420 e. The number of alkyl halides is 3. The summed E-state index contributed by atoms with van der Waals surface area (Å²) in [5, 5.41) is 4.29. The van der Waals surface area contributed by atoms with Crippen LogP contribution in [-0.2, 0) is 10.9 Å². The van der Waals surface area contributed by atoms with E-state index in [-0.39, 0.29) is 28.3 Å². The minimum absolute atomic E-state index is 0.00812. The lowest BCUT2D eigenvalue weighted by atomic mass is 10.2. The number of ether oxygens (including phenoxy) is 2. The van der Waals surface area contributed by atoms with E-state index in [1.54, 1.807) is 38.1 Å². The maximum absolute atomic E-state index is 15.0. The fraction of sp³-hybridized carbons (Fsp3) is 0.167. The molecule has 176 valence electrons. The molecule has 0 atom stereocenters. The van der Waals surface area contributed by atoms with Crippen LogP contribution in [0.15, 0.2) is 60.7 Å². The Balaban J connectivity index is 1.80. The van der Waals surface area contributed by atoms with Gasteiger partial charge in [-0.3, -0.25) is 0 Å². The first-order valence-electron chi connectivity index (χ1n) is 10.1. The third-order valence-electron chi connectivity index (χ3n) is 4.78. The number of hydrogen-bond donors (Lipinski definition) is 0. The van der Waals surface area contributed by atoms with Crippen molar-refractivity contribution in [2.75, 3.05) is 0 Å². The zero-order chi connectivity index (χ0) is 24.6. The molecule has 0 radical (unpaired) electrons. The molecule has 34 heavy (non-hydrogen) atoms. The maximum atomic E-state index is 15.0. The molecule has 0 saturated heterocycles. The van der Waals surface area contributed by atoms with Crippen molar-refractivity contribution in [2.24, 2.45) is 0 Å². The number of nitrogens with zero attached hydrogens (tertiary/aromatic N) is 2. The first kappa shape index (κ1) is 23.6. The zero-order valence-corrected chi connectivity index (χ0v) is 18.6. The van der Waals surface area contributed by atoms with Crippen LogP contribution in [0.1, 0.15) is 29.8 Å². The average molecular weight is 493 g/mol. The summed E-state index contributed by atoms with van der Waals surface area (Å²) >= 11 is 6.01. The van der Waals surface area contributed by atoms with Crippen LogP contribution in [0.4, 0.5) is 17.6 Å². The highest BCUT2D eigenvalue weighted by Crippen LogP contribution is 2.43. The molecule has 0 aliphatic heterocycles. The molecule has 4 rings (SSSR count). The van der Waals surface area contributed by atoms with Crippen molar-refractivity contribution in [1.29, 1.82) is 0 Å². The van der Waals surface area contributed by atoms with Gasteiger partial charge in [-0.25, -0.2) is 13.9 Å². The van der Waals surface area contributed by atoms with Gasteiger partial charge in [0.05, 0.1) is 33.2 Å². The number of esters is 1. The predicted octanol–water partition coefficient (Wildman–Crippen LogP) is 7.19. The zero-order valence-electron chi connectivity index (χ0n) is 17.9. The quantitative estimate of drug-likeness (QED) is 0.218. The topological polar surface area (TPSA) is 53.4 Å². The largest absolute Gasteiger partial charge is 0.459 e. The Morgan fingerprint density at radius 3 is 2.47 bits per heavy atom. The molecule has 0 aliphatic carbocycles. The molecule has 0 N–H and O–H groups in total. The summed E-state index contributed by atoms with van der Waals surface area (Å²) in [6, 6.07) is 13.4. The van der Waals surface area contributed by atoms with E-state index in [2.05, 4.69) is 5.10 Å². The van der Waals surface area contributed by atoms with E-state index >= 15 is 4.39 Å². The molecular weight excluding hydrogens is 476 g/mol. The fourth-order valence-electron chi connectivity index (χ4n) is 3.32. The normalized spacial score (nSPS) is 11.8. The van der Waals surface area contributed by atoms with E-state index in [9.17, 15) is 18.0 Å². The Kier molecular flexibility index (Phi) is 6.22. The van der Waals surface area contributed by atoms with Crippen molar-refractivity contribution >= 4 is 28.5 Å². The second-order valence-electron chi connectivity index (χ2n) is 7.57. The summed E-state index contributed by atoms with van der Waals surface area (Å²) in [6.07, 6.45) is -5.10. The van der Waals surface area contributed by atoms with Gasteiger partial charge in [0.2, 0.25) is 5.88 Å². The number of para-hydroxylation sites is 2. The summed E-state index contributed by atoms with van der Waals surface area (Å²) < 4.78 is 67.3. The summed E-state index contributed by atoms with van der Waals surface area (Å²) in [7, 11) is 0. The summed E-state index contributed by atoms with van der Waals surface area (Å²) in [5.74, 6) is -2.28. The first-order chi connectivity index (χ1) is 16.1. The molecular formula is C24H17ClF4N2O3. The monoisotopic (exact) mass is 492 g/mol. The van der Waals surface area contributed by atoms with Crippen LogP contribution in [0.25, 0.3) is 16.6 Å². The Morgan fingerprint density at radius 1 is 1.06 bits per heavy atom. The molecule has 0 fully saturated rings. The molecule has 0 aliphatic rings. The van der Waals surface area contributed by atoms with Gasteiger partial charge < -0.3 is 9.47 Å². The standard InChI is InChI=1S/C24H17ClF4N2O3/c1-13(2)33-23(32)14-10-11-20(18(26)12-14)31-19-9-4-3-6-15(19)22(30-31)34-21-16(24(27,28)29)7-5-8-17(21)25/h3-13H,1-2H3. The number of benzene rings is 3. The Morgan fingerprint density at radius 2 is 1.79 bits per heavy atom. The third-order valence-corrected chi connectivity index (χ3v) is 5.08. The third kappa shape index (κ3) is 4.56. The van der Waals surface area contributed by atoms with Crippen molar-refractivity contribution in [3.63, 3.8) is 0 Å². The van der Waals surface area contributed by atoms with Crippen LogP contribution in [-0.4, -0.2) is 21.9 Å². The number of rotatable bonds is 5. The van der Waals surface area contributed by atoms with Gasteiger partial charge in [0, 0.05) is 0 Å². The van der Waals surface area contributed by atoms with Crippen molar-refractivity contribution in [2.45, 2.75) is 26.1 Å². The van der Waals surface area contributed by atoms with Crippen LogP contribution in [0, 0.1) is 5.82 Å². The van der Waals surface area contributed by atoms with E-state index in [0.717, 1.165) is 18.2 Å². The van der Waals surface area contributed by atoms with Gasteiger partial charge in [0.1, 0.15) is 11.5 Å². The molecule has 1 aromatic heterocycles. The van der Waals surface area contributed by atoms with Crippen LogP contribution in [0.2, 0.25) is 5.02 Å². The van der Waals surface area contributed by atoms with Gasteiger partial charge in [-0.1, -0.05) is 29.8 Å². The lowest BCUT2D eigenvalue weighted by Crippen LogP contribution is -2.12. The summed E-state index contributed by atoms with van der Waals surface area (Å²) in [4.78, 5) is 12.1. The number of hydrogen-bond acceptors (Lipinski definition) is 4. The summed E-state index contributed by atoms with van der Waals surface area (Å²) in [6.45, 7) is 3.34. The first-order valence-corrected chi connectivity index (χ1v) is 10.5. The van der Waals surface area contributed by atoms with Gasteiger partial charge in [-0.15, -0.1) is 5.10 Å². The second kappa shape index (κ2) is 8.98. The number of carbonyl (C=O) groups is 1. The van der Waals surface area contributed by atoms with Crippen LogP contribution in [0.3, 0.4) is 0 Å². The molecule has 1 heterocycles. The number of carbonyl (C=O) groups excluding carboxylic acids is 1. The highest BCUT2D eigenvalue weighted by molar-refractivity contribution is 6.32. The molecule has 4 aromatic rings. The molecule has 0 spiro atoms. The minimum Gasteiger partial charge on any atom is -0.459 e. The predicted molar refractivity (Wildman–Crippen MR) is 118 cm³/mol. The van der Waals surface area contributed by atoms with Gasteiger partial charge in [0.15, 0.2) is 5.75 Å². The highest BCUT2D eigenvalue weighted by atomic mass is 35.5. The molecule has 0 bridgehead atoms. The van der Waals surface area contributed by atoms with Crippen LogP contribution < -0.4 is 4.74 Å². The summed E-state index contributed by atoms with van der Waals surface area (Å²) in [5.41, 5.74) is -0.733. The van der Waals surface area contributed by atoms with Crippen LogP contribution >= 0.6 is 11.6 Å². The van der Waals surface area contributed by atoms with E-state index in [4.69, 9.17) is 21.1 Å². The number of halogens is 5. The van der Waals surface area contributed by atoms with E-state index < -0.39 is 29.3 Å². The fourth-order valence-corrected chi connectivity index (χ4v) is 3.53. The van der Waals surface area contributed by atoms with E-state index in [0.29, 0.717) is 10.9 Å². The smallest absolute Gasteiger partial charge is 0.420 e. The Bertz CT molecular complexity index is 1380. The molecule has 0 amide bonds. The molecule has 10 heteroatoms. The number of aromatic nitrogens is 2. The van der Waals surface area contributed by atoms with E-state index in [1.165, 1.54) is 22.9 Å². The van der Waals surface area contributed by atoms with Gasteiger partial charge in [-0.2, -0.15) is 13.2 Å².